The van der Waals surface area contributed by atoms with E-state index in [0.29, 0.717) is 12.2 Å². The van der Waals surface area contributed by atoms with E-state index in [1.165, 1.54) is 12.8 Å². The summed E-state index contributed by atoms with van der Waals surface area (Å²) in [7, 11) is 0. The van der Waals surface area contributed by atoms with Crippen LogP contribution in [-0.4, -0.2) is 18.0 Å². The Kier molecular flexibility index (Phi) is 4.27. The molecule has 1 saturated carbocycles. The fraction of sp³-hybridized carbons (Fsp3) is 0.588. The van der Waals surface area contributed by atoms with Gasteiger partial charge in [-0.1, -0.05) is 40.9 Å². The molecule has 0 aromatic heterocycles. The predicted octanol–water partition coefficient (Wildman–Crippen LogP) is 4.30. The van der Waals surface area contributed by atoms with E-state index in [-0.39, 0.29) is 11.5 Å². The largest absolute Gasteiger partial charge is 0.375 e. The summed E-state index contributed by atoms with van der Waals surface area (Å²) in [6, 6.07) is 8.08. The fourth-order valence-electron chi connectivity index (χ4n) is 3.62. The molecule has 3 rings (SSSR count). The van der Waals surface area contributed by atoms with Crippen LogP contribution in [-0.2, 0) is 16.0 Å². The molecule has 1 aromatic rings. The Labute approximate surface area is 129 Å². The third-order valence-corrected chi connectivity index (χ3v) is 5.28. The minimum absolute atomic E-state index is 0.0400. The van der Waals surface area contributed by atoms with E-state index >= 15 is 0 Å². The van der Waals surface area contributed by atoms with Crippen LogP contribution in [0.15, 0.2) is 28.7 Å². The van der Waals surface area contributed by atoms with E-state index in [1.807, 2.05) is 24.3 Å². The molecule has 1 unspecified atom stereocenters. The Hall–Kier alpha value is -0.670. The number of rotatable bonds is 3. The first-order valence-corrected chi connectivity index (χ1v) is 8.37. The zero-order chi connectivity index (χ0) is 14.0. The van der Waals surface area contributed by atoms with Crippen LogP contribution in [0.1, 0.15) is 44.1 Å². The van der Waals surface area contributed by atoms with Gasteiger partial charge in [0.1, 0.15) is 5.78 Å². The summed E-state index contributed by atoms with van der Waals surface area (Å²) >= 11 is 3.43. The Balaban J connectivity index is 1.63. The maximum absolute atomic E-state index is 12.5. The average Bonchev–Trinajstić information content (AvgIpc) is 2.89. The molecule has 1 atom stereocenters. The number of carbonyl (C=O) groups is 1. The summed E-state index contributed by atoms with van der Waals surface area (Å²) in [5.74, 6) is 0.590. The summed E-state index contributed by atoms with van der Waals surface area (Å²) < 4.78 is 7.07. The van der Waals surface area contributed by atoms with Gasteiger partial charge in [-0.2, -0.15) is 0 Å². The number of hydrogen-bond donors (Lipinski definition) is 0. The van der Waals surface area contributed by atoms with E-state index < -0.39 is 0 Å². The zero-order valence-corrected chi connectivity index (χ0v) is 13.3. The van der Waals surface area contributed by atoms with Crippen molar-refractivity contribution in [3.8, 4) is 0 Å². The van der Waals surface area contributed by atoms with Crippen LogP contribution in [0.25, 0.3) is 0 Å². The van der Waals surface area contributed by atoms with Crippen LogP contribution >= 0.6 is 15.9 Å². The highest BCUT2D eigenvalue weighted by molar-refractivity contribution is 9.10. The molecule has 3 heteroatoms. The maximum Gasteiger partial charge on any atom is 0.140 e. The van der Waals surface area contributed by atoms with Crippen molar-refractivity contribution in [2.45, 2.75) is 50.5 Å². The van der Waals surface area contributed by atoms with Crippen LogP contribution in [0.5, 0.6) is 0 Å². The smallest absolute Gasteiger partial charge is 0.140 e. The molecule has 1 aromatic carbocycles. The Morgan fingerprint density at radius 3 is 2.65 bits per heavy atom. The second kappa shape index (κ2) is 5.98. The van der Waals surface area contributed by atoms with Crippen LogP contribution in [0.3, 0.4) is 0 Å². The SMILES string of the molecule is O=C(Cc1ccc(Br)cc1)C1CCOC2(CCCC2)C1. The molecule has 0 N–H and O–H groups in total. The van der Waals surface area contributed by atoms with E-state index in [4.69, 9.17) is 4.74 Å². The molecule has 1 aliphatic carbocycles. The molecule has 0 bridgehead atoms. The second-order valence-electron chi connectivity index (χ2n) is 6.20. The van der Waals surface area contributed by atoms with Crippen LogP contribution in [0.4, 0.5) is 0 Å². The van der Waals surface area contributed by atoms with Gasteiger partial charge in [0.25, 0.3) is 0 Å². The van der Waals surface area contributed by atoms with Crippen molar-refractivity contribution in [3.63, 3.8) is 0 Å². The molecule has 0 amide bonds. The molecule has 1 saturated heterocycles. The first-order chi connectivity index (χ1) is 9.67. The Morgan fingerprint density at radius 2 is 1.95 bits per heavy atom. The number of benzene rings is 1. The number of halogens is 1. The van der Waals surface area contributed by atoms with Gasteiger partial charge in [0.05, 0.1) is 5.60 Å². The lowest BCUT2D eigenvalue weighted by atomic mass is 9.81. The number of ether oxygens (including phenoxy) is 1. The van der Waals surface area contributed by atoms with E-state index in [9.17, 15) is 4.79 Å². The number of carbonyl (C=O) groups excluding carboxylic acids is 1. The lowest BCUT2D eigenvalue weighted by Crippen LogP contribution is -2.40. The maximum atomic E-state index is 12.5. The molecule has 108 valence electrons. The topological polar surface area (TPSA) is 26.3 Å². The summed E-state index contributed by atoms with van der Waals surface area (Å²) in [6.07, 6.45) is 7.22. The van der Waals surface area contributed by atoms with Gasteiger partial charge in [0.2, 0.25) is 0 Å². The standard InChI is InChI=1S/C17H21BrO2/c18-15-5-3-13(4-6-15)11-16(19)14-7-10-20-17(12-14)8-1-2-9-17/h3-6,14H,1-2,7-12H2. The number of Topliss-reactive ketones (excluding diaryl/α,β-unsaturated/α-hetero) is 1. The third kappa shape index (κ3) is 3.15. The van der Waals surface area contributed by atoms with Crippen molar-refractivity contribution in [2.75, 3.05) is 6.61 Å². The molecule has 1 heterocycles. The lowest BCUT2D eigenvalue weighted by molar-refractivity contribution is -0.135. The first kappa shape index (κ1) is 14.3. The molecule has 2 nitrogen and oxygen atoms in total. The molecule has 1 spiro atoms. The van der Waals surface area contributed by atoms with Crippen molar-refractivity contribution in [3.05, 3.63) is 34.3 Å². The van der Waals surface area contributed by atoms with Crippen molar-refractivity contribution < 1.29 is 9.53 Å². The normalized spacial score (nSPS) is 24.9. The van der Waals surface area contributed by atoms with Gasteiger partial charge in [-0.15, -0.1) is 0 Å². The summed E-state index contributed by atoms with van der Waals surface area (Å²) in [4.78, 5) is 12.5. The van der Waals surface area contributed by atoms with Crippen LogP contribution in [0, 0.1) is 5.92 Å². The molecular weight excluding hydrogens is 316 g/mol. The van der Waals surface area contributed by atoms with E-state index in [0.717, 1.165) is 42.3 Å². The lowest BCUT2D eigenvalue weighted by Gasteiger charge is -2.37. The van der Waals surface area contributed by atoms with Crippen molar-refractivity contribution in [2.24, 2.45) is 5.92 Å². The minimum Gasteiger partial charge on any atom is -0.375 e. The van der Waals surface area contributed by atoms with Gasteiger partial charge in [-0.25, -0.2) is 0 Å². The number of hydrogen-bond acceptors (Lipinski definition) is 2. The summed E-state index contributed by atoms with van der Waals surface area (Å²) in [5, 5.41) is 0. The summed E-state index contributed by atoms with van der Waals surface area (Å²) in [5.41, 5.74) is 1.16. The third-order valence-electron chi connectivity index (χ3n) is 4.75. The molecule has 2 aliphatic rings. The van der Waals surface area contributed by atoms with E-state index in [2.05, 4.69) is 15.9 Å². The number of ketones is 1. The Morgan fingerprint density at radius 1 is 1.25 bits per heavy atom. The fourth-order valence-corrected chi connectivity index (χ4v) is 3.88. The zero-order valence-electron chi connectivity index (χ0n) is 11.7. The van der Waals surface area contributed by atoms with Crippen LogP contribution in [0.2, 0.25) is 0 Å². The van der Waals surface area contributed by atoms with Gasteiger partial charge in [-0.3, -0.25) is 4.79 Å². The van der Waals surface area contributed by atoms with Gasteiger partial charge < -0.3 is 4.74 Å². The Bertz CT molecular complexity index is 474. The van der Waals surface area contributed by atoms with Gasteiger partial charge in [0.15, 0.2) is 0 Å². The van der Waals surface area contributed by atoms with Gasteiger partial charge in [-0.05, 0) is 43.4 Å². The van der Waals surface area contributed by atoms with Crippen molar-refractivity contribution in [1.82, 2.24) is 0 Å². The van der Waals surface area contributed by atoms with E-state index in [1.54, 1.807) is 0 Å². The van der Waals surface area contributed by atoms with Crippen LogP contribution < -0.4 is 0 Å². The quantitative estimate of drug-likeness (QED) is 0.822. The minimum atomic E-state index is 0.0400. The molecule has 0 radical (unpaired) electrons. The first-order valence-electron chi connectivity index (χ1n) is 7.58. The highest BCUT2D eigenvalue weighted by Crippen LogP contribution is 2.42. The average molecular weight is 337 g/mol. The van der Waals surface area contributed by atoms with Gasteiger partial charge in [0, 0.05) is 23.4 Å². The monoisotopic (exact) mass is 336 g/mol. The highest BCUT2D eigenvalue weighted by Gasteiger charge is 2.41. The molecular formula is C17H21BrO2. The summed E-state index contributed by atoms with van der Waals surface area (Å²) in [6.45, 7) is 0.761. The molecule has 1 aliphatic heterocycles. The van der Waals surface area contributed by atoms with Crippen molar-refractivity contribution in [1.29, 1.82) is 0 Å². The molecule has 20 heavy (non-hydrogen) atoms. The molecule has 2 fully saturated rings. The predicted molar refractivity (Wildman–Crippen MR) is 82.7 cm³/mol. The highest BCUT2D eigenvalue weighted by atomic mass is 79.9. The second-order valence-corrected chi connectivity index (χ2v) is 7.11. The van der Waals surface area contributed by atoms with Crippen molar-refractivity contribution >= 4 is 21.7 Å². The van der Waals surface area contributed by atoms with Gasteiger partial charge >= 0.3 is 0 Å².